The number of benzene rings is 1. The first kappa shape index (κ1) is 17.2. The normalized spacial score (nSPS) is 13.0. The van der Waals surface area contributed by atoms with Gasteiger partial charge in [-0.25, -0.2) is 4.79 Å². The summed E-state index contributed by atoms with van der Waals surface area (Å²) in [4.78, 5) is 22.9. The molecule has 1 rings (SSSR count). The van der Waals surface area contributed by atoms with Crippen LogP contribution < -0.4 is 5.32 Å². The molecule has 0 fully saturated rings. The van der Waals surface area contributed by atoms with Crippen molar-refractivity contribution in [1.82, 2.24) is 5.32 Å². The number of rotatable bonds is 6. The van der Waals surface area contributed by atoms with Gasteiger partial charge in [-0.1, -0.05) is 45.0 Å². The van der Waals surface area contributed by atoms with Crippen molar-refractivity contribution in [2.45, 2.75) is 58.4 Å². The lowest BCUT2D eigenvalue weighted by Gasteiger charge is -2.22. The lowest BCUT2D eigenvalue weighted by Crippen LogP contribution is -2.49. The van der Waals surface area contributed by atoms with E-state index >= 15 is 0 Å². The molecule has 1 amide bonds. The van der Waals surface area contributed by atoms with E-state index in [1.165, 1.54) is 19.4 Å². The fourth-order valence-electron chi connectivity index (χ4n) is 2.06. The zero-order valence-corrected chi connectivity index (χ0v) is 13.4. The Morgan fingerprint density at radius 3 is 2.00 bits per heavy atom. The van der Waals surface area contributed by atoms with Gasteiger partial charge in [0.25, 0.3) is 0 Å². The molecule has 0 aliphatic carbocycles. The smallest absolute Gasteiger partial charge is 0.328 e. The van der Waals surface area contributed by atoms with E-state index in [2.05, 4.69) is 31.3 Å². The summed E-state index contributed by atoms with van der Waals surface area (Å²) in [6, 6.07) is 8.23. The van der Waals surface area contributed by atoms with Crippen LogP contribution in [0.3, 0.4) is 0 Å². The lowest BCUT2D eigenvalue weighted by atomic mass is 9.93. The zero-order chi connectivity index (χ0) is 16.2. The highest BCUT2D eigenvalue weighted by Gasteiger charge is 2.29. The highest BCUT2D eigenvalue weighted by Crippen LogP contribution is 2.22. The summed E-state index contributed by atoms with van der Waals surface area (Å²) in [5.74, 6) is -0.752. The van der Waals surface area contributed by atoms with Crippen molar-refractivity contribution in [3.05, 3.63) is 35.4 Å². The molecule has 1 aromatic rings. The van der Waals surface area contributed by atoms with Crippen LogP contribution >= 0.6 is 0 Å². The predicted molar refractivity (Wildman–Crippen MR) is 83.4 cm³/mol. The van der Waals surface area contributed by atoms with Gasteiger partial charge in [0.05, 0.1) is 0 Å². The fraction of sp³-hybridized carbons (Fsp3) is 0.529. The van der Waals surface area contributed by atoms with E-state index in [-0.39, 0.29) is 18.2 Å². The Balaban J connectivity index is 2.66. The van der Waals surface area contributed by atoms with Crippen molar-refractivity contribution in [3.8, 4) is 0 Å². The average molecular weight is 291 g/mol. The van der Waals surface area contributed by atoms with Crippen molar-refractivity contribution < 1.29 is 14.7 Å². The maximum atomic E-state index is 11.9. The van der Waals surface area contributed by atoms with Crippen LogP contribution in [0.25, 0.3) is 0 Å². The minimum Gasteiger partial charge on any atom is -0.480 e. The molecule has 2 N–H and O–H groups in total. The van der Waals surface area contributed by atoms with Crippen LogP contribution in [-0.4, -0.2) is 22.5 Å². The molecule has 116 valence electrons. The molecule has 0 radical (unpaired) electrons. The molecule has 4 nitrogen and oxygen atoms in total. The van der Waals surface area contributed by atoms with Gasteiger partial charge < -0.3 is 10.4 Å². The zero-order valence-electron chi connectivity index (χ0n) is 13.4. The van der Waals surface area contributed by atoms with Crippen LogP contribution in [0.5, 0.6) is 0 Å². The van der Waals surface area contributed by atoms with Crippen LogP contribution in [0.15, 0.2) is 24.3 Å². The molecule has 1 atom stereocenters. The van der Waals surface area contributed by atoms with Gasteiger partial charge in [0.2, 0.25) is 5.91 Å². The average Bonchev–Trinajstić information content (AvgIpc) is 2.37. The summed E-state index contributed by atoms with van der Waals surface area (Å²) in [6.45, 7) is 9.21. The first-order valence-corrected chi connectivity index (χ1v) is 7.27. The minimum absolute atomic E-state index is 0.0517. The van der Waals surface area contributed by atoms with Crippen LogP contribution in [-0.2, 0) is 9.59 Å². The van der Waals surface area contributed by atoms with Crippen molar-refractivity contribution in [1.29, 1.82) is 0 Å². The summed E-state index contributed by atoms with van der Waals surface area (Å²) in [6.07, 6.45) is 0.276. The molecule has 4 heteroatoms. The van der Waals surface area contributed by atoms with E-state index in [1.54, 1.807) is 0 Å². The van der Waals surface area contributed by atoms with E-state index in [0.717, 1.165) is 5.56 Å². The van der Waals surface area contributed by atoms with E-state index < -0.39 is 11.5 Å². The molecular formula is C17H25NO3. The molecule has 0 bridgehead atoms. The molecule has 0 aliphatic heterocycles. The second kappa shape index (κ2) is 6.74. The van der Waals surface area contributed by atoms with Gasteiger partial charge in [-0.3, -0.25) is 4.79 Å². The van der Waals surface area contributed by atoms with Gasteiger partial charge in [0, 0.05) is 6.42 Å². The van der Waals surface area contributed by atoms with Crippen molar-refractivity contribution in [2.24, 2.45) is 0 Å². The Hall–Kier alpha value is -1.84. The number of aliphatic carboxylic acids is 1. The molecular weight excluding hydrogens is 266 g/mol. The van der Waals surface area contributed by atoms with Crippen LogP contribution in [0.2, 0.25) is 0 Å². The van der Waals surface area contributed by atoms with Crippen LogP contribution in [0.1, 0.15) is 64.0 Å². The Morgan fingerprint density at radius 2 is 1.57 bits per heavy atom. The van der Waals surface area contributed by atoms with Gasteiger partial charge in [-0.2, -0.15) is 0 Å². The molecule has 0 aromatic heterocycles. The summed E-state index contributed by atoms with van der Waals surface area (Å²) >= 11 is 0. The number of amides is 1. The van der Waals surface area contributed by atoms with Crippen LogP contribution in [0.4, 0.5) is 0 Å². The second-order valence-corrected chi connectivity index (χ2v) is 6.40. The van der Waals surface area contributed by atoms with Gasteiger partial charge in [-0.15, -0.1) is 0 Å². The largest absolute Gasteiger partial charge is 0.480 e. The van der Waals surface area contributed by atoms with Gasteiger partial charge in [0.15, 0.2) is 0 Å². The number of hydrogen-bond acceptors (Lipinski definition) is 2. The van der Waals surface area contributed by atoms with E-state index in [4.69, 9.17) is 5.11 Å². The first-order chi connectivity index (χ1) is 9.63. The third-order valence-electron chi connectivity index (χ3n) is 3.65. The molecule has 0 aliphatic rings. The topological polar surface area (TPSA) is 66.4 Å². The van der Waals surface area contributed by atoms with Gasteiger partial charge in [-0.05, 0) is 36.8 Å². The second-order valence-electron chi connectivity index (χ2n) is 6.40. The summed E-state index contributed by atoms with van der Waals surface area (Å²) in [5.41, 5.74) is 1.11. The van der Waals surface area contributed by atoms with Crippen molar-refractivity contribution >= 4 is 11.9 Å². The minimum atomic E-state index is -1.24. The molecule has 21 heavy (non-hydrogen) atoms. The molecule has 0 saturated heterocycles. The number of carboxylic acid groups (broad SMARTS) is 1. The fourth-order valence-corrected chi connectivity index (χ4v) is 2.06. The van der Waals surface area contributed by atoms with Gasteiger partial charge >= 0.3 is 5.97 Å². The Morgan fingerprint density at radius 1 is 1.10 bits per heavy atom. The van der Waals surface area contributed by atoms with Crippen molar-refractivity contribution in [2.75, 3.05) is 0 Å². The Kier molecular flexibility index (Phi) is 5.53. The Bertz CT molecular complexity index is 503. The number of carboxylic acids is 1. The van der Waals surface area contributed by atoms with E-state index in [0.29, 0.717) is 5.92 Å². The molecule has 0 heterocycles. The van der Waals surface area contributed by atoms with Crippen molar-refractivity contribution in [3.63, 3.8) is 0 Å². The molecule has 1 aromatic carbocycles. The van der Waals surface area contributed by atoms with Crippen LogP contribution in [0, 0.1) is 0 Å². The SMILES string of the molecule is CC(C)c1ccc(C(C)CC(=O)NC(C)(C)C(=O)O)cc1. The highest BCUT2D eigenvalue weighted by molar-refractivity contribution is 5.86. The third kappa shape index (κ3) is 4.88. The number of nitrogens with one attached hydrogen (secondary N) is 1. The summed E-state index contributed by atoms with van der Waals surface area (Å²) in [7, 11) is 0. The predicted octanol–water partition coefficient (Wildman–Crippen LogP) is 3.28. The molecule has 0 spiro atoms. The highest BCUT2D eigenvalue weighted by atomic mass is 16.4. The number of carbonyl (C=O) groups excluding carboxylic acids is 1. The first-order valence-electron chi connectivity index (χ1n) is 7.27. The summed E-state index contributed by atoms with van der Waals surface area (Å²) in [5, 5.41) is 11.6. The Labute approximate surface area is 126 Å². The maximum absolute atomic E-state index is 11.9. The van der Waals surface area contributed by atoms with E-state index in [1.807, 2.05) is 19.1 Å². The quantitative estimate of drug-likeness (QED) is 0.845. The standard InChI is InChI=1S/C17H25NO3/c1-11(2)13-6-8-14(9-7-13)12(3)10-15(19)18-17(4,5)16(20)21/h6-9,11-12H,10H2,1-5H3,(H,18,19)(H,20,21). The van der Waals surface area contributed by atoms with Gasteiger partial charge in [0.1, 0.15) is 5.54 Å². The maximum Gasteiger partial charge on any atom is 0.328 e. The molecule has 0 saturated carbocycles. The lowest BCUT2D eigenvalue weighted by molar-refractivity contribution is -0.146. The third-order valence-corrected chi connectivity index (χ3v) is 3.65. The summed E-state index contributed by atoms with van der Waals surface area (Å²) < 4.78 is 0. The van der Waals surface area contributed by atoms with E-state index in [9.17, 15) is 9.59 Å². The number of hydrogen-bond donors (Lipinski definition) is 2. The number of carbonyl (C=O) groups is 2. The monoisotopic (exact) mass is 291 g/mol. The molecule has 1 unspecified atom stereocenters.